The van der Waals surface area contributed by atoms with Crippen LogP contribution in [0.5, 0.6) is 0 Å². The zero-order chi connectivity index (χ0) is 17.7. The molecule has 1 aliphatic heterocycles. The van der Waals surface area contributed by atoms with Crippen molar-refractivity contribution in [3.63, 3.8) is 0 Å². The van der Waals surface area contributed by atoms with Crippen LogP contribution >= 0.6 is 0 Å². The van der Waals surface area contributed by atoms with Crippen molar-refractivity contribution in [2.45, 2.75) is 18.6 Å². The molecule has 0 unspecified atom stereocenters. The van der Waals surface area contributed by atoms with Crippen LogP contribution in [0.25, 0.3) is 11.3 Å². The molecule has 0 amide bonds. The maximum absolute atomic E-state index is 13.2. The van der Waals surface area contributed by atoms with Gasteiger partial charge in [-0.05, 0) is 6.07 Å². The zero-order valence-corrected chi connectivity index (χ0v) is 12.5. The normalized spacial score (nSPS) is 17.0. The molecule has 11 heteroatoms. The van der Waals surface area contributed by atoms with Gasteiger partial charge in [-0.3, -0.25) is 4.68 Å². The number of nitrogens with two attached hydrogens (primary N) is 1. The van der Waals surface area contributed by atoms with Gasteiger partial charge < -0.3 is 10.6 Å². The SMILES string of the molecule is Cn1cc(-c2nnc(CN)cc2N2CC(F)(F)C2)c(C(F)(F)F)n1. The molecular formula is C13H13F5N6. The Morgan fingerprint density at radius 2 is 1.92 bits per heavy atom. The molecule has 0 aliphatic carbocycles. The van der Waals surface area contributed by atoms with Crippen LogP contribution in [0.4, 0.5) is 27.6 Å². The lowest BCUT2D eigenvalue weighted by Gasteiger charge is -2.41. The molecule has 1 fully saturated rings. The van der Waals surface area contributed by atoms with Gasteiger partial charge in [0, 0.05) is 19.8 Å². The Kier molecular flexibility index (Phi) is 3.70. The van der Waals surface area contributed by atoms with E-state index in [0.29, 0.717) is 5.69 Å². The van der Waals surface area contributed by atoms with E-state index in [1.165, 1.54) is 18.0 Å². The van der Waals surface area contributed by atoms with E-state index in [2.05, 4.69) is 15.3 Å². The van der Waals surface area contributed by atoms with Gasteiger partial charge in [-0.25, -0.2) is 8.78 Å². The lowest BCUT2D eigenvalue weighted by Crippen LogP contribution is -2.56. The summed E-state index contributed by atoms with van der Waals surface area (Å²) in [6.07, 6.45) is -3.57. The second kappa shape index (κ2) is 5.36. The maximum atomic E-state index is 13.2. The molecule has 0 saturated carbocycles. The fourth-order valence-corrected chi connectivity index (χ4v) is 2.51. The van der Waals surface area contributed by atoms with Crippen LogP contribution in [-0.2, 0) is 19.8 Å². The molecule has 1 aliphatic rings. The highest BCUT2D eigenvalue weighted by Gasteiger charge is 2.46. The third-order valence-electron chi connectivity index (χ3n) is 3.57. The molecule has 2 N–H and O–H groups in total. The number of nitrogens with zero attached hydrogens (tertiary/aromatic N) is 5. The van der Waals surface area contributed by atoms with Gasteiger partial charge in [0.15, 0.2) is 5.69 Å². The van der Waals surface area contributed by atoms with Crippen molar-refractivity contribution in [2.24, 2.45) is 12.8 Å². The van der Waals surface area contributed by atoms with Crippen molar-refractivity contribution < 1.29 is 22.0 Å². The average molecular weight is 348 g/mol. The first kappa shape index (κ1) is 16.6. The highest BCUT2D eigenvalue weighted by molar-refractivity contribution is 5.77. The summed E-state index contributed by atoms with van der Waals surface area (Å²) in [5.74, 6) is -2.88. The largest absolute Gasteiger partial charge is 0.435 e. The lowest BCUT2D eigenvalue weighted by molar-refractivity contribution is -0.141. The van der Waals surface area contributed by atoms with Gasteiger partial charge in [0.1, 0.15) is 5.69 Å². The first-order chi connectivity index (χ1) is 11.1. The number of aryl methyl sites for hydroxylation is 1. The van der Waals surface area contributed by atoms with Crippen LogP contribution in [0.2, 0.25) is 0 Å². The highest BCUT2D eigenvalue weighted by Crippen LogP contribution is 2.41. The average Bonchev–Trinajstić information content (AvgIpc) is 2.86. The van der Waals surface area contributed by atoms with Crippen molar-refractivity contribution in [2.75, 3.05) is 18.0 Å². The van der Waals surface area contributed by atoms with E-state index >= 15 is 0 Å². The van der Waals surface area contributed by atoms with Crippen LogP contribution in [0, 0.1) is 0 Å². The van der Waals surface area contributed by atoms with E-state index in [9.17, 15) is 22.0 Å². The molecule has 0 radical (unpaired) electrons. The van der Waals surface area contributed by atoms with Gasteiger partial charge in [-0.15, -0.1) is 5.10 Å². The first-order valence-electron chi connectivity index (χ1n) is 6.91. The molecule has 3 rings (SSSR count). The Balaban J connectivity index is 2.12. The third kappa shape index (κ3) is 2.90. The Hall–Kier alpha value is -2.30. The molecule has 2 aromatic heterocycles. The molecule has 130 valence electrons. The van der Waals surface area contributed by atoms with E-state index in [1.807, 2.05) is 0 Å². The van der Waals surface area contributed by atoms with Crippen molar-refractivity contribution in [3.05, 3.63) is 23.7 Å². The highest BCUT2D eigenvalue weighted by atomic mass is 19.4. The second-order valence-electron chi connectivity index (χ2n) is 5.55. The van der Waals surface area contributed by atoms with Gasteiger partial charge >= 0.3 is 6.18 Å². The van der Waals surface area contributed by atoms with Crippen LogP contribution in [0.15, 0.2) is 12.3 Å². The molecule has 2 aromatic rings. The van der Waals surface area contributed by atoms with Gasteiger partial charge in [-0.2, -0.15) is 23.4 Å². The minimum absolute atomic E-state index is 0.0102. The monoisotopic (exact) mass is 348 g/mol. The zero-order valence-electron chi connectivity index (χ0n) is 12.5. The fraction of sp³-hybridized carbons (Fsp3) is 0.462. The summed E-state index contributed by atoms with van der Waals surface area (Å²) in [6, 6.07) is 1.38. The Morgan fingerprint density at radius 3 is 2.46 bits per heavy atom. The Labute approximate surface area is 133 Å². The van der Waals surface area contributed by atoms with E-state index in [1.54, 1.807) is 0 Å². The summed E-state index contributed by atoms with van der Waals surface area (Å²) >= 11 is 0. The minimum Gasteiger partial charge on any atom is -0.357 e. The van der Waals surface area contributed by atoms with Crippen LogP contribution in [0.1, 0.15) is 11.4 Å². The van der Waals surface area contributed by atoms with Crippen LogP contribution in [0.3, 0.4) is 0 Å². The molecule has 24 heavy (non-hydrogen) atoms. The summed E-state index contributed by atoms with van der Waals surface area (Å²) in [7, 11) is 1.33. The number of hydrogen-bond acceptors (Lipinski definition) is 5. The van der Waals surface area contributed by atoms with E-state index < -0.39 is 30.9 Å². The predicted octanol–water partition coefficient (Wildman–Crippen LogP) is 1.81. The first-order valence-corrected chi connectivity index (χ1v) is 6.91. The van der Waals surface area contributed by atoms with E-state index in [0.717, 1.165) is 10.9 Å². The predicted molar refractivity (Wildman–Crippen MR) is 74.3 cm³/mol. The Bertz CT molecular complexity index is 761. The summed E-state index contributed by atoms with van der Waals surface area (Å²) in [6.45, 7) is -1.21. The van der Waals surface area contributed by atoms with E-state index in [4.69, 9.17) is 5.73 Å². The van der Waals surface area contributed by atoms with Crippen molar-refractivity contribution in [3.8, 4) is 11.3 Å². The lowest BCUT2D eigenvalue weighted by atomic mass is 10.0. The van der Waals surface area contributed by atoms with Gasteiger partial charge in [0.05, 0.1) is 30.0 Å². The molecule has 0 bridgehead atoms. The molecule has 0 aromatic carbocycles. The smallest absolute Gasteiger partial charge is 0.357 e. The quantitative estimate of drug-likeness (QED) is 0.857. The number of halogens is 5. The van der Waals surface area contributed by atoms with Crippen LogP contribution in [-0.4, -0.2) is 39.0 Å². The standard InChI is InChI=1S/C13H13F5N6/c1-23-4-8(11(22-23)13(16,17)18)10-9(2-7(3-19)20-21-10)24-5-12(14,15)6-24/h2,4H,3,5-6,19H2,1H3. The van der Waals surface area contributed by atoms with Gasteiger partial charge in [0.2, 0.25) is 0 Å². The topological polar surface area (TPSA) is 72.9 Å². The molecule has 3 heterocycles. The number of alkyl halides is 5. The number of hydrogen-bond donors (Lipinski definition) is 1. The number of anilines is 1. The molecule has 0 spiro atoms. The second-order valence-corrected chi connectivity index (χ2v) is 5.55. The molecule has 0 atom stereocenters. The maximum Gasteiger partial charge on any atom is 0.435 e. The number of rotatable bonds is 3. The molecular weight excluding hydrogens is 335 g/mol. The fourth-order valence-electron chi connectivity index (χ4n) is 2.51. The summed E-state index contributed by atoms with van der Waals surface area (Å²) in [4.78, 5) is 1.25. The van der Waals surface area contributed by atoms with Gasteiger partial charge in [-0.1, -0.05) is 0 Å². The summed E-state index contributed by atoms with van der Waals surface area (Å²) < 4.78 is 66.8. The summed E-state index contributed by atoms with van der Waals surface area (Å²) in [5.41, 5.74) is 4.28. The Morgan fingerprint density at radius 1 is 1.25 bits per heavy atom. The number of aromatic nitrogens is 4. The summed E-state index contributed by atoms with van der Waals surface area (Å²) in [5, 5.41) is 10.9. The van der Waals surface area contributed by atoms with Gasteiger partial charge in [0.25, 0.3) is 5.92 Å². The van der Waals surface area contributed by atoms with Crippen molar-refractivity contribution in [1.82, 2.24) is 20.0 Å². The third-order valence-corrected chi connectivity index (χ3v) is 3.57. The molecule has 6 nitrogen and oxygen atoms in total. The van der Waals surface area contributed by atoms with Crippen molar-refractivity contribution in [1.29, 1.82) is 0 Å². The molecule has 1 saturated heterocycles. The van der Waals surface area contributed by atoms with Crippen LogP contribution < -0.4 is 10.6 Å². The minimum atomic E-state index is -4.71. The van der Waals surface area contributed by atoms with Crippen molar-refractivity contribution >= 4 is 5.69 Å². The van der Waals surface area contributed by atoms with E-state index in [-0.39, 0.29) is 23.5 Å².